The highest BCUT2D eigenvalue weighted by Crippen LogP contribution is 2.31. The van der Waals surface area contributed by atoms with Crippen LogP contribution in [0.5, 0.6) is 0 Å². The Hall–Kier alpha value is -2.08. The SMILES string of the molecule is Cc1ccc(-c2cc(C)cc3ccc(C)cc23)cc1. The molecular formula is C19H18. The van der Waals surface area contributed by atoms with E-state index >= 15 is 0 Å². The van der Waals surface area contributed by atoms with Crippen molar-refractivity contribution in [2.45, 2.75) is 20.8 Å². The lowest BCUT2D eigenvalue weighted by Gasteiger charge is -2.10. The molecule has 0 atom stereocenters. The molecule has 0 heterocycles. The highest BCUT2D eigenvalue weighted by molar-refractivity contribution is 5.97. The van der Waals surface area contributed by atoms with Crippen molar-refractivity contribution in [1.82, 2.24) is 0 Å². The number of hydrogen-bond donors (Lipinski definition) is 0. The molecule has 3 aromatic carbocycles. The van der Waals surface area contributed by atoms with E-state index in [1.54, 1.807) is 0 Å². The smallest absolute Gasteiger partial charge is 0.0103 e. The Labute approximate surface area is 114 Å². The van der Waals surface area contributed by atoms with Gasteiger partial charge in [-0.25, -0.2) is 0 Å². The number of rotatable bonds is 1. The third-order valence-electron chi connectivity index (χ3n) is 3.62. The van der Waals surface area contributed by atoms with Gasteiger partial charge in [0.1, 0.15) is 0 Å². The summed E-state index contributed by atoms with van der Waals surface area (Å²) in [5.74, 6) is 0. The van der Waals surface area contributed by atoms with E-state index in [0.717, 1.165) is 0 Å². The van der Waals surface area contributed by atoms with Crippen LogP contribution in [0.4, 0.5) is 0 Å². The van der Waals surface area contributed by atoms with Crippen LogP contribution >= 0.6 is 0 Å². The van der Waals surface area contributed by atoms with Gasteiger partial charge in [0.15, 0.2) is 0 Å². The van der Waals surface area contributed by atoms with E-state index in [-0.39, 0.29) is 0 Å². The average molecular weight is 246 g/mol. The molecule has 3 rings (SSSR count). The summed E-state index contributed by atoms with van der Waals surface area (Å²) in [6.07, 6.45) is 0. The number of benzene rings is 3. The molecule has 0 amide bonds. The number of aryl methyl sites for hydroxylation is 3. The second-order valence-corrected chi connectivity index (χ2v) is 5.40. The molecule has 0 nitrogen and oxygen atoms in total. The molecule has 0 aliphatic heterocycles. The van der Waals surface area contributed by atoms with E-state index in [9.17, 15) is 0 Å². The topological polar surface area (TPSA) is 0 Å². The Balaban J connectivity index is 2.32. The van der Waals surface area contributed by atoms with Crippen molar-refractivity contribution in [1.29, 1.82) is 0 Å². The van der Waals surface area contributed by atoms with Gasteiger partial charge in [-0.3, -0.25) is 0 Å². The van der Waals surface area contributed by atoms with Crippen molar-refractivity contribution in [2.24, 2.45) is 0 Å². The summed E-state index contributed by atoms with van der Waals surface area (Å²) in [6.45, 7) is 6.44. The Morgan fingerprint density at radius 2 is 1.26 bits per heavy atom. The molecule has 0 aromatic heterocycles. The standard InChI is InChI=1S/C19H18/c1-13-4-7-16(8-5-13)18-12-15(3)10-17-9-6-14(2)11-19(17)18/h4-12H,1-3H3. The molecule has 0 saturated carbocycles. The number of hydrogen-bond acceptors (Lipinski definition) is 0. The van der Waals surface area contributed by atoms with Gasteiger partial charge in [0.25, 0.3) is 0 Å². The molecule has 0 radical (unpaired) electrons. The summed E-state index contributed by atoms with van der Waals surface area (Å²) in [6, 6.07) is 20.0. The maximum atomic E-state index is 2.28. The van der Waals surface area contributed by atoms with Gasteiger partial charge in [-0.05, 0) is 48.2 Å². The van der Waals surface area contributed by atoms with Crippen molar-refractivity contribution < 1.29 is 0 Å². The summed E-state index contributed by atoms with van der Waals surface area (Å²) in [7, 11) is 0. The van der Waals surface area contributed by atoms with E-state index < -0.39 is 0 Å². The second-order valence-electron chi connectivity index (χ2n) is 5.40. The lowest BCUT2D eigenvalue weighted by Crippen LogP contribution is -1.85. The predicted molar refractivity (Wildman–Crippen MR) is 83.6 cm³/mol. The molecule has 19 heavy (non-hydrogen) atoms. The van der Waals surface area contributed by atoms with Crippen LogP contribution in [0.1, 0.15) is 16.7 Å². The third kappa shape index (κ3) is 2.26. The summed E-state index contributed by atoms with van der Waals surface area (Å²) < 4.78 is 0. The zero-order chi connectivity index (χ0) is 13.4. The van der Waals surface area contributed by atoms with Gasteiger partial charge in [0, 0.05) is 0 Å². The lowest BCUT2D eigenvalue weighted by atomic mass is 9.94. The summed E-state index contributed by atoms with van der Waals surface area (Å²) in [4.78, 5) is 0. The van der Waals surface area contributed by atoms with E-state index in [0.29, 0.717) is 0 Å². The third-order valence-corrected chi connectivity index (χ3v) is 3.62. The molecular weight excluding hydrogens is 228 g/mol. The summed E-state index contributed by atoms with van der Waals surface area (Å²) in [5.41, 5.74) is 6.55. The van der Waals surface area contributed by atoms with Crippen LogP contribution in [0.3, 0.4) is 0 Å². The highest BCUT2D eigenvalue weighted by atomic mass is 14.1. The Kier molecular flexibility index (Phi) is 2.87. The van der Waals surface area contributed by atoms with Crippen LogP contribution in [0, 0.1) is 20.8 Å². The fourth-order valence-electron chi connectivity index (χ4n) is 2.59. The van der Waals surface area contributed by atoms with E-state index in [1.165, 1.54) is 38.6 Å². The molecule has 0 aliphatic rings. The van der Waals surface area contributed by atoms with Crippen LogP contribution in [0.15, 0.2) is 54.6 Å². The van der Waals surface area contributed by atoms with E-state index in [4.69, 9.17) is 0 Å². The van der Waals surface area contributed by atoms with Crippen LogP contribution in [0.25, 0.3) is 21.9 Å². The van der Waals surface area contributed by atoms with Gasteiger partial charge in [-0.1, -0.05) is 65.7 Å². The fourth-order valence-corrected chi connectivity index (χ4v) is 2.59. The van der Waals surface area contributed by atoms with Crippen molar-refractivity contribution in [3.8, 4) is 11.1 Å². The van der Waals surface area contributed by atoms with Gasteiger partial charge in [0.2, 0.25) is 0 Å². The van der Waals surface area contributed by atoms with Crippen molar-refractivity contribution >= 4 is 10.8 Å². The minimum absolute atomic E-state index is 1.30. The maximum Gasteiger partial charge on any atom is -0.0103 e. The molecule has 0 aliphatic carbocycles. The maximum absolute atomic E-state index is 2.28. The quantitative estimate of drug-likeness (QED) is 0.537. The van der Waals surface area contributed by atoms with Gasteiger partial charge in [0.05, 0.1) is 0 Å². The Morgan fingerprint density at radius 1 is 0.579 bits per heavy atom. The van der Waals surface area contributed by atoms with Gasteiger partial charge >= 0.3 is 0 Å². The number of fused-ring (bicyclic) bond motifs is 1. The molecule has 94 valence electrons. The predicted octanol–water partition coefficient (Wildman–Crippen LogP) is 5.43. The highest BCUT2D eigenvalue weighted by Gasteiger charge is 2.05. The molecule has 0 spiro atoms. The second kappa shape index (κ2) is 4.55. The molecule has 0 saturated heterocycles. The molecule has 0 bridgehead atoms. The average Bonchev–Trinajstić information content (AvgIpc) is 2.39. The minimum atomic E-state index is 1.30. The largest absolute Gasteiger partial charge is 0.0587 e. The lowest BCUT2D eigenvalue weighted by molar-refractivity contribution is 1.45. The first-order chi connectivity index (χ1) is 9.13. The van der Waals surface area contributed by atoms with Gasteiger partial charge < -0.3 is 0 Å². The molecule has 0 heteroatoms. The monoisotopic (exact) mass is 246 g/mol. The Morgan fingerprint density at radius 3 is 2.00 bits per heavy atom. The molecule has 3 aromatic rings. The van der Waals surface area contributed by atoms with Crippen LogP contribution < -0.4 is 0 Å². The molecule has 0 N–H and O–H groups in total. The van der Waals surface area contributed by atoms with Gasteiger partial charge in [-0.15, -0.1) is 0 Å². The zero-order valence-electron chi connectivity index (χ0n) is 11.7. The zero-order valence-corrected chi connectivity index (χ0v) is 11.7. The first kappa shape index (κ1) is 12.0. The normalized spacial score (nSPS) is 10.9. The fraction of sp³-hybridized carbons (Fsp3) is 0.158. The Bertz CT molecular complexity index is 734. The van der Waals surface area contributed by atoms with Crippen LogP contribution in [-0.4, -0.2) is 0 Å². The van der Waals surface area contributed by atoms with E-state index in [1.807, 2.05) is 0 Å². The van der Waals surface area contributed by atoms with Crippen LogP contribution in [-0.2, 0) is 0 Å². The van der Waals surface area contributed by atoms with Crippen molar-refractivity contribution in [3.63, 3.8) is 0 Å². The molecule has 0 fully saturated rings. The van der Waals surface area contributed by atoms with Crippen molar-refractivity contribution in [3.05, 3.63) is 71.3 Å². The first-order valence-corrected chi connectivity index (χ1v) is 6.71. The van der Waals surface area contributed by atoms with Crippen LogP contribution in [0.2, 0.25) is 0 Å². The van der Waals surface area contributed by atoms with Crippen molar-refractivity contribution in [2.75, 3.05) is 0 Å². The van der Waals surface area contributed by atoms with E-state index in [2.05, 4.69) is 75.4 Å². The summed E-state index contributed by atoms with van der Waals surface area (Å²) >= 11 is 0. The first-order valence-electron chi connectivity index (χ1n) is 6.71. The minimum Gasteiger partial charge on any atom is -0.0587 e. The molecule has 0 unspecified atom stereocenters. The van der Waals surface area contributed by atoms with Gasteiger partial charge in [-0.2, -0.15) is 0 Å². The summed E-state index contributed by atoms with van der Waals surface area (Å²) in [5, 5.41) is 2.66.